The van der Waals surface area contributed by atoms with E-state index >= 15 is 0 Å². The Balaban J connectivity index is 2.06. The summed E-state index contributed by atoms with van der Waals surface area (Å²) in [4.78, 5) is 13.0. The number of hydrogen-bond donors (Lipinski definition) is 2. The van der Waals surface area contributed by atoms with Gasteiger partial charge in [-0.3, -0.25) is 0 Å². The molecule has 0 saturated heterocycles. The molecule has 0 aromatic rings. The Morgan fingerprint density at radius 3 is 2.50 bits per heavy atom. The third kappa shape index (κ3) is 3.08. The van der Waals surface area contributed by atoms with Crippen LogP contribution in [0.3, 0.4) is 0 Å². The first kappa shape index (κ1) is 15.5. The fourth-order valence-corrected chi connectivity index (χ4v) is 4.03. The van der Waals surface area contributed by atoms with E-state index in [2.05, 4.69) is 10.6 Å². The molecule has 2 aliphatic rings. The maximum atomic E-state index is 12.1. The SMILES string of the molecule is CNC(=S)C12CCCC(NC(=O)OC(C)(C)C)(CC1)C2. The van der Waals surface area contributed by atoms with Gasteiger partial charge < -0.3 is 15.4 Å². The Bertz CT molecular complexity index is 419. The Morgan fingerprint density at radius 1 is 1.20 bits per heavy atom. The Morgan fingerprint density at radius 2 is 1.90 bits per heavy atom. The quantitative estimate of drug-likeness (QED) is 0.769. The lowest BCUT2D eigenvalue weighted by Gasteiger charge is -2.40. The van der Waals surface area contributed by atoms with Crippen molar-refractivity contribution in [3.8, 4) is 0 Å². The molecule has 20 heavy (non-hydrogen) atoms. The van der Waals surface area contributed by atoms with Crippen LogP contribution in [0, 0.1) is 5.41 Å². The normalized spacial score (nSPS) is 32.6. The van der Waals surface area contributed by atoms with Crippen molar-refractivity contribution in [3.05, 3.63) is 0 Å². The monoisotopic (exact) mass is 298 g/mol. The molecule has 0 aromatic heterocycles. The summed E-state index contributed by atoms with van der Waals surface area (Å²) in [5.41, 5.74) is -0.496. The smallest absolute Gasteiger partial charge is 0.408 e. The number of ether oxygens (including phenoxy) is 1. The lowest BCUT2D eigenvalue weighted by Crippen LogP contribution is -2.52. The molecule has 2 rings (SSSR count). The number of hydrogen-bond acceptors (Lipinski definition) is 3. The highest BCUT2D eigenvalue weighted by molar-refractivity contribution is 7.80. The number of amides is 1. The summed E-state index contributed by atoms with van der Waals surface area (Å²) in [6.45, 7) is 5.67. The Kier molecular flexibility index (Phi) is 4.02. The second kappa shape index (κ2) is 5.17. The van der Waals surface area contributed by atoms with Crippen molar-refractivity contribution in [2.24, 2.45) is 5.41 Å². The molecule has 1 amide bonds. The molecular weight excluding hydrogens is 272 g/mol. The summed E-state index contributed by atoms with van der Waals surface area (Å²) < 4.78 is 5.41. The first-order chi connectivity index (χ1) is 9.20. The van der Waals surface area contributed by atoms with Gasteiger partial charge in [0.1, 0.15) is 5.60 Å². The predicted octanol–water partition coefficient (Wildman–Crippen LogP) is 3.15. The van der Waals surface area contributed by atoms with Crippen LogP contribution < -0.4 is 10.6 Å². The fraction of sp³-hybridized carbons (Fsp3) is 0.867. The van der Waals surface area contributed by atoms with Crippen molar-refractivity contribution in [3.63, 3.8) is 0 Å². The summed E-state index contributed by atoms with van der Waals surface area (Å²) in [7, 11) is 1.90. The Labute approximate surface area is 127 Å². The number of thiocarbonyl (C=S) groups is 1. The first-order valence-electron chi connectivity index (χ1n) is 7.44. The molecule has 0 heterocycles. The lowest BCUT2D eigenvalue weighted by atomic mass is 9.73. The van der Waals surface area contributed by atoms with Gasteiger partial charge in [-0.15, -0.1) is 0 Å². The van der Waals surface area contributed by atoms with Crippen LogP contribution in [0.25, 0.3) is 0 Å². The van der Waals surface area contributed by atoms with Crippen LogP contribution in [0.5, 0.6) is 0 Å². The average Bonchev–Trinajstić information content (AvgIpc) is 2.58. The second-order valence-corrected chi connectivity index (χ2v) is 7.71. The summed E-state index contributed by atoms with van der Waals surface area (Å²) in [6, 6.07) is 0. The van der Waals surface area contributed by atoms with Gasteiger partial charge in [0.15, 0.2) is 0 Å². The van der Waals surface area contributed by atoms with Gasteiger partial charge in [-0.1, -0.05) is 18.6 Å². The predicted molar refractivity (Wildman–Crippen MR) is 83.9 cm³/mol. The Hall–Kier alpha value is -0.840. The molecule has 114 valence electrons. The third-order valence-electron chi connectivity index (χ3n) is 4.54. The van der Waals surface area contributed by atoms with E-state index in [-0.39, 0.29) is 17.0 Å². The molecule has 2 atom stereocenters. The molecule has 2 N–H and O–H groups in total. The highest BCUT2D eigenvalue weighted by Gasteiger charge is 2.53. The van der Waals surface area contributed by atoms with Gasteiger partial charge in [0.25, 0.3) is 0 Å². The van der Waals surface area contributed by atoms with E-state index < -0.39 is 5.60 Å². The fourth-order valence-electron chi connectivity index (χ4n) is 3.76. The van der Waals surface area contributed by atoms with Crippen LogP contribution in [0.15, 0.2) is 0 Å². The van der Waals surface area contributed by atoms with Crippen molar-refractivity contribution in [2.45, 2.75) is 70.4 Å². The highest BCUT2D eigenvalue weighted by Crippen LogP contribution is 2.54. The number of nitrogens with one attached hydrogen (secondary N) is 2. The van der Waals surface area contributed by atoms with E-state index in [0.717, 1.165) is 43.5 Å². The minimum atomic E-state index is -0.453. The van der Waals surface area contributed by atoms with E-state index in [0.29, 0.717) is 0 Å². The summed E-state index contributed by atoms with van der Waals surface area (Å²) in [6.07, 6.45) is 5.96. The maximum absolute atomic E-state index is 12.1. The first-order valence-corrected chi connectivity index (χ1v) is 7.85. The van der Waals surface area contributed by atoms with Crippen LogP contribution in [-0.4, -0.2) is 29.3 Å². The number of fused-ring (bicyclic) bond motifs is 2. The third-order valence-corrected chi connectivity index (χ3v) is 5.18. The molecule has 2 unspecified atom stereocenters. The molecule has 5 heteroatoms. The zero-order chi connectivity index (χ0) is 15.0. The van der Waals surface area contributed by atoms with E-state index in [1.165, 1.54) is 0 Å². The molecule has 0 spiro atoms. The van der Waals surface area contributed by atoms with Gasteiger partial charge in [0.05, 0.1) is 4.99 Å². The largest absolute Gasteiger partial charge is 0.444 e. The van der Waals surface area contributed by atoms with Gasteiger partial charge in [0, 0.05) is 18.0 Å². The molecule has 2 bridgehead atoms. The molecule has 0 aliphatic heterocycles. The van der Waals surface area contributed by atoms with Crippen molar-refractivity contribution in [2.75, 3.05) is 7.05 Å². The van der Waals surface area contributed by atoms with Crippen LogP contribution >= 0.6 is 12.2 Å². The molecular formula is C15H26N2O2S. The second-order valence-electron chi connectivity index (χ2n) is 7.30. The van der Waals surface area contributed by atoms with Crippen molar-refractivity contribution < 1.29 is 9.53 Å². The molecule has 2 saturated carbocycles. The van der Waals surface area contributed by atoms with Crippen LogP contribution in [0.4, 0.5) is 4.79 Å². The van der Waals surface area contributed by atoms with Crippen LogP contribution in [0.1, 0.15) is 59.3 Å². The molecule has 2 fully saturated rings. The molecule has 0 radical (unpaired) electrons. The highest BCUT2D eigenvalue weighted by atomic mass is 32.1. The maximum Gasteiger partial charge on any atom is 0.408 e. The minimum absolute atomic E-state index is 0.0807. The summed E-state index contributed by atoms with van der Waals surface area (Å²) in [5, 5.41) is 6.28. The number of rotatable bonds is 2. The number of carbonyl (C=O) groups is 1. The van der Waals surface area contributed by atoms with Gasteiger partial charge in [-0.25, -0.2) is 4.79 Å². The number of carbonyl (C=O) groups excluding carboxylic acids is 1. The summed E-state index contributed by atoms with van der Waals surface area (Å²) in [5.74, 6) is 0. The van der Waals surface area contributed by atoms with E-state index in [4.69, 9.17) is 17.0 Å². The average molecular weight is 298 g/mol. The van der Waals surface area contributed by atoms with Gasteiger partial charge >= 0.3 is 6.09 Å². The van der Waals surface area contributed by atoms with Crippen LogP contribution in [0.2, 0.25) is 0 Å². The van der Waals surface area contributed by atoms with E-state index in [1.807, 2.05) is 27.8 Å². The van der Waals surface area contributed by atoms with Gasteiger partial charge in [-0.05, 0) is 52.9 Å². The van der Waals surface area contributed by atoms with Gasteiger partial charge in [-0.2, -0.15) is 0 Å². The van der Waals surface area contributed by atoms with Crippen molar-refractivity contribution >= 4 is 23.3 Å². The lowest BCUT2D eigenvalue weighted by molar-refractivity contribution is 0.0430. The standard InChI is InChI=1S/C15H26N2O2S/c1-13(2,3)19-12(18)17-15-7-5-6-14(10-15,8-9-15)11(20)16-4/h5-10H2,1-4H3,(H,16,20)(H,17,18). The van der Waals surface area contributed by atoms with Gasteiger partial charge in [0.2, 0.25) is 0 Å². The van der Waals surface area contributed by atoms with Crippen LogP contribution in [-0.2, 0) is 4.74 Å². The molecule has 4 nitrogen and oxygen atoms in total. The zero-order valence-electron chi connectivity index (χ0n) is 13.0. The van der Waals surface area contributed by atoms with Crippen molar-refractivity contribution in [1.82, 2.24) is 10.6 Å². The molecule has 2 aliphatic carbocycles. The van der Waals surface area contributed by atoms with E-state index in [9.17, 15) is 4.79 Å². The van der Waals surface area contributed by atoms with Crippen molar-refractivity contribution in [1.29, 1.82) is 0 Å². The summed E-state index contributed by atoms with van der Waals surface area (Å²) >= 11 is 5.51. The minimum Gasteiger partial charge on any atom is -0.444 e. The molecule has 0 aromatic carbocycles. The topological polar surface area (TPSA) is 50.4 Å². The van der Waals surface area contributed by atoms with E-state index in [1.54, 1.807) is 0 Å². The zero-order valence-corrected chi connectivity index (χ0v) is 13.8. The number of alkyl carbamates (subject to hydrolysis) is 1.